The van der Waals surface area contributed by atoms with Gasteiger partial charge in [0.05, 0.1) is 35.7 Å². The summed E-state index contributed by atoms with van der Waals surface area (Å²) >= 11 is 0. The van der Waals surface area contributed by atoms with E-state index in [0.717, 1.165) is 17.4 Å². The normalized spacial score (nSPS) is 17.2. The molecular weight excluding hydrogens is 460 g/mol. The number of imidazole rings is 1. The predicted molar refractivity (Wildman–Crippen MR) is 122 cm³/mol. The van der Waals surface area contributed by atoms with Crippen LogP contribution in [0.3, 0.4) is 0 Å². The number of fused-ring (bicyclic) bond motifs is 1. The van der Waals surface area contributed by atoms with Crippen LogP contribution in [0.25, 0.3) is 11.0 Å². The SMILES string of the molecule is CCn1c(Cn2c(=O)c(C#N)cn(C3CC3)c2=O)nc2cc(S(=O)(=O)N3CCOCC3)ccc21. The Morgan fingerprint density at radius 2 is 1.91 bits per heavy atom. The van der Waals surface area contributed by atoms with Crippen LogP contribution >= 0.6 is 0 Å². The van der Waals surface area contributed by atoms with Gasteiger partial charge in [-0.2, -0.15) is 9.57 Å². The molecule has 2 aliphatic rings. The van der Waals surface area contributed by atoms with Gasteiger partial charge in [-0.3, -0.25) is 13.9 Å². The van der Waals surface area contributed by atoms with E-state index in [9.17, 15) is 23.3 Å². The molecule has 1 aliphatic heterocycles. The summed E-state index contributed by atoms with van der Waals surface area (Å²) < 4.78 is 37.1. The highest BCUT2D eigenvalue weighted by atomic mass is 32.2. The van der Waals surface area contributed by atoms with Gasteiger partial charge in [0.2, 0.25) is 10.0 Å². The molecule has 0 amide bonds. The number of nitriles is 1. The molecule has 5 rings (SSSR count). The molecule has 0 radical (unpaired) electrons. The van der Waals surface area contributed by atoms with Gasteiger partial charge in [0.15, 0.2) is 0 Å². The standard InChI is InChI=1S/C22H24N6O5S/c1-2-26-19-6-5-17(34(31,32)25-7-9-33-10-8-25)11-18(19)24-20(26)14-28-21(29)15(12-23)13-27(22(28)30)16-3-4-16/h5-6,11,13,16H,2-4,7-10,14H2,1H3. The van der Waals surface area contributed by atoms with Gasteiger partial charge >= 0.3 is 5.69 Å². The van der Waals surface area contributed by atoms with Crippen molar-refractivity contribution in [2.75, 3.05) is 26.3 Å². The van der Waals surface area contributed by atoms with Crippen LogP contribution in [0.1, 0.15) is 37.2 Å². The second kappa shape index (κ2) is 8.50. The first-order chi connectivity index (χ1) is 16.3. The molecule has 11 nitrogen and oxygen atoms in total. The molecule has 178 valence electrons. The second-order valence-electron chi connectivity index (χ2n) is 8.41. The number of benzene rings is 1. The fraction of sp³-hybridized carbons (Fsp3) is 0.455. The molecule has 1 saturated heterocycles. The summed E-state index contributed by atoms with van der Waals surface area (Å²) in [5, 5.41) is 9.39. The maximum Gasteiger partial charge on any atom is 0.331 e. The molecule has 0 N–H and O–H groups in total. The molecule has 2 aromatic heterocycles. The summed E-state index contributed by atoms with van der Waals surface area (Å²) in [6, 6.07) is 6.65. The Kier molecular flexibility index (Phi) is 5.63. The zero-order chi connectivity index (χ0) is 24.0. The molecule has 0 bridgehead atoms. The number of hydrogen-bond acceptors (Lipinski definition) is 7. The van der Waals surface area contributed by atoms with Gasteiger partial charge in [-0.25, -0.2) is 18.2 Å². The van der Waals surface area contributed by atoms with Crippen molar-refractivity contribution in [1.29, 1.82) is 5.26 Å². The maximum absolute atomic E-state index is 13.1. The number of aryl methyl sites for hydroxylation is 1. The highest BCUT2D eigenvalue weighted by Gasteiger charge is 2.29. The zero-order valence-electron chi connectivity index (χ0n) is 18.7. The van der Waals surface area contributed by atoms with E-state index in [2.05, 4.69) is 4.98 Å². The quantitative estimate of drug-likeness (QED) is 0.502. The van der Waals surface area contributed by atoms with Crippen molar-refractivity contribution < 1.29 is 13.2 Å². The third-order valence-corrected chi connectivity index (χ3v) is 8.17. The smallest absolute Gasteiger partial charge is 0.331 e. The minimum atomic E-state index is -3.69. The van der Waals surface area contributed by atoms with Crippen molar-refractivity contribution in [3.8, 4) is 6.07 Å². The number of nitrogens with zero attached hydrogens (tertiary/aromatic N) is 6. The number of aromatic nitrogens is 4. The number of rotatable bonds is 6. The molecule has 0 spiro atoms. The third kappa shape index (κ3) is 3.75. The van der Waals surface area contributed by atoms with Gasteiger partial charge in [-0.05, 0) is 38.0 Å². The van der Waals surface area contributed by atoms with E-state index < -0.39 is 21.3 Å². The first kappa shape index (κ1) is 22.5. The van der Waals surface area contributed by atoms with Crippen LogP contribution in [-0.4, -0.2) is 57.7 Å². The summed E-state index contributed by atoms with van der Waals surface area (Å²) in [4.78, 5) is 30.5. The molecule has 1 aromatic carbocycles. The van der Waals surface area contributed by atoms with Crippen molar-refractivity contribution in [2.24, 2.45) is 0 Å². The van der Waals surface area contributed by atoms with Gasteiger partial charge in [-0.15, -0.1) is 0 Å². The number of sulfonamides is 1. The van der Waals surface area contributed by atoms with E-state index in [4.69, 9.17) is 4.74 Å². The van der Waals surface area contributed by atoms with Crippen LogP contribution in [0.2, 0.25) is 0 Å². The third-order valence-electron chi connectivity index (χ3n) is 6.28. The monoisotopic (exact) mass is 484 g/mol. The fourth-order valence-electron chi connectivity index (χ4n) is 4.32. The molecule has 0 atom stereocenters. The molecule has 3 aromatic rings. The Balaban J connectivity index is 1.58. The summed E-state index contributed by atoms with van der Waals surface area (Å²) in [5.41, 5.74) is -0.0698. The number of ether oxygens (including phenoxy) is 1. The van der Waals surface area contributed by atoms with Gasteiger partial charge in [0.1, 0.15) is 17.5 Å². The van der Waals surface area contributed by atoms with E-state index >= 15 is 0 Å². The van der Waals surface area contributed by atoms with Crippen molar-refractivity contribution in [1.82, 2.24) is 23.0 Å². The minimum Gasteiger partial charge on any atom is -0.379 e. The van der Waals surface area contributed by atoms with E-state index in [1.165, 1.54) is 21.1 Å². The Bertz CT molecular complexity index is 1530. The average molecular weight is 485 g/mol. The van der Waals surface area contributed by atoms with Gasteiger partial charge in [0.25, 0.3) is 5.56 Å². The molecule has 12 heteroatoms. The van der Waals surface area contributed by atoms with Gasteiger partial charge in [0, 0.05) is 31.9 Å². The molecule has 1 saturated carbocycles. The van der Waals surface area contributed by atoms with Crippen LogP contribution in [0, 0.1) is 11.3 Å². The van der Waals surface area contributed by atoms with E-state index in [-0.39, 0.29) is 23.0 Å². The van der Waals surface area contributed by atoms with Gasteiger partial charge in [-0.1, -0.05) is 0 Å². The topological polar surface area (TPSA) is 132 Å². The molecule has 34 heavy (non-hydrogen) atoms. The van der Waals surface area contributed by atoms with Crippen LogP contribution < -0.4 is 11.2 Å². The number of hydrogen-bond donors (Lipinski definition) is 0. The lowest BCUT2D eigenvalue weighted by molar-refractivity contribution is 0.0730. The highest BCUT2D eigenvalue weighted by Crippen LogP contribution is 2.33. The van der Waals surface area contributed by atoms with Crippen molar-refractivity contribution in [3.63, 3.8) is 0 Å². The Hall–Kier alpha value is -3.27. The van der Waals surface area contributed by atoms with E-state index in [1.54, 1.807) is 12.1 Å². The zero-order valence-corrected chi connectivity index (χ0v) is 19.5. The summed E-state index contributed by atoms with van der Waals surface area (Å²) in [6.07, 6.45) is 3.00. The largest absolute Gasteiger partial charge is 0.379 e. The Labute approximate surface area is 195 Å². The highest BCUT2D eigenvalue weighted by molar-refractivity contribution is 7.89. The van der Waals surface area contributed by atoms with Crippen molar-refractivity contribution >= 4 is 21.1 Å². The Morgan fingerprint density at radius 3 is 2.56 bits per heavy atom. The molecular formula is C22H24N6O5S. The minimum absolute atomic E-state index is 0.00407. The van der Waals surface area contributed by atoms with Gasteiger partial charge < -0.3 is 9.30 Å². The molecule has 2 fully saturated rings. The number of morpholine rings is 1. The lowest BCUT2D eigenvalue weighted by Crippen LogP contribution is -2.41. The first-order valence-corrected chi connectivity index (χ1v) is 12.6. The van der Waals surface area contributed by atoms with E-state index in [0.29, 0.717) is 49.7 Å². The lowest BCUT2D eigenvalue weighted by Gasteiger charge is -2.26. The first-order valence-electron chi connectivity index (χ1n) is 11.2. The lowest BCUT2D eigenvalue weighted by atomic mass is 10.3. The van der Waals surface area contributed by atoms with E-state index in [1.807, 2.05) is 17.6 Å². The molecule has 3 heterocycles. The Morgan fingerprint density at radius 1 is 1.18 bits per heavy atom. The van der Waals surface area contributed by atoms with Crippen LogP contribution in [0.5, 0.6) is 0 Å². The summed E-state index contributed by atoms with van der Waals surface area (Å²) in [6.45, 7) is 3.58. The summed E-state index contributed by atoms with van der Waals surface area (Å²) in [7, 11) is -3.69. The average Bonchev–Trinajstić information content (AvgIpc) is 3.62. The van der Waals surface area contributed by atoms with Crippen molar-refractivity contribution in [3.05, 3.63) is 56.6 Å². The van der Waals surface area contributed by atoms with Crippen LogP contribution in [0.4, 0.5) is 0 Å². The van der Waals surface area contributed by atoms with Crippen LogP contribution in [-0.2, 0) is 27.8 Å². The fourth-order valence-corrected chi connectivity index (χ4v) is 5.75. The van der Waals surface area contributed by atoms with Crippen LogP contribution in [0.15, 0.2) is 38.9 Å². The molecule has 1 aliphatic carbocycles. The second-order valence-corrected chi connectivity index (χ2v) is 10.3. The molecule has 0 unspecified atom stereocenters. The predicted octanol–water partition coefficient (Wildman–Crippen LogP) is 0.655. The maximum atomic E-state index is 13.1. The van der Waals surface area contributed by atoms with Crippen molar-refractivity contribution in [2.45, 2.75) is 43.8 Å². The summed E-state index contributed by atoms with van der Waals surface area (Å²) in [5.74, 6) is 0.440.